The molecule has 0 spiro atoms. The molecule has 1 amide bonds. The number of carbonyl (C=O) groups excluding carboxylic acids is 1. The van der Waals surface area contributed by atoms with Gasteiger partial charge in [-0.2, -0.15) is 5.10 Å². The van der Waals surface area contributed by atoms with Crippen molar-refractivity contribution in [2.24, 2.45) is 0 Å². The van der Waals surface area contributed by atoms with Crippen molar-refractivity contribution >= 4 is 22.5 Å². The van der Waals surface area contributed by atoms with E-state index in [0.29, 0.717) is 35.6 Å². The van der Waals surface area contributed by atoms with Gasteiger partial charge in [0.15, 0.2) is 17.1 Å². The average molecular weight is 410 g/mol. The fraction of sp³-hybridized carbons (Fsp3) is 0.286. The van der Waals surface area contributed by atoms with Crippen LogP contribution in [0, 0.1) is 0 Å². The number of aryl methyl sites for hydroxylation is 1. The standard InChI is InChI=1S/C21H22N4O5/c1-28-17-4-3-14(11-19(17)29-2)5-8-22-20(26)6-9-25-21(27)16-12-18-15(7-10-30-18)24(16)13-23-25/h3-4,7,10-13H,5-6,8-9H2,1-2H3,(H,22,26). The minimum atomic E-state index is -0.262. The molecule has 4 rings (SSSR count). The number of benzene rings is 1. The van der Waals surface area contributed by atoms with Crippen LogP contribution < -0.4 is 20.3 Å². The predicted molar refractivity (Wildman–Crippen MR) is 110 cm³/mol. The van der Waals surface area contributed by atoms with E-state index < -0.39 is 0 Å². The SMILES string of the molecule is COc1ccc(CCNC(=O)CCn2ncn3c(cc4occc43)c2=O)cc1OC. The molecule has 3 aromatic heterocycles. The lowest BCUT2D eigenvalue weighted by Gasteiger charge is -2.10. The predicted octanol–water partition coefficient (Wildman–Crippen LogP) is 2.01. The first-order chi connectivity index (χ1) is 14.6. The fourth-order valence-electron chi connectivity index (χ4n) is 3.37. The number of amides is 1. The van der Waals surface area contributed by atoms with E-state index in [2.05, 4.69) is 10.4 Å². The van der Waals surface area contributed by atoms with Crippen LogP contribution in [0.2, 0.25) is 0 Å². The molecule has 1 aromatic carbocycles. The minimum absolute atomic E-state index is 0.145. The molecule has 0 bridgehead atoms. The van der Waals surface area contributed by atoms with E-state index in [9.17, 15) is 9.59 Å². The quantitative estimate of drug-likeness (QED) is 0.477. The first-order valence-corrected chi connectivity index (χ1v) is 9.52. The van der Waals surface area contributed by atoms with Crippen molar-refractivity contribution in [3.8, 4) is 11.5 Å². The van der Waals surface area contributed by atoms with E-state index in [-0.39, 0.29) is 24.4 Å². The number of fused-ring (bicyclic) bond motifs is 3. The van der Waals surface area contributed by atoms with Crippen molar-refractivity contribution in [2.75, 3.05) is 20.8 Å². The molecule has 0 aliphatic heterocycles. The van der Waals surface area contributed by atoms with Gasteiger partial charge in [0.1, 0.15) is 11.8 Å². The van der Waals surface area contributed by atoms with E-state index in [1.54, 1.807) is 43.3 Å². The molecule has 0 radical (unpaired) electrons. The van der Waals surface area contributed by atoms with E-state index >= 15 is 0 Å². The molecule has 0 atom stereocenters. The van der Waals surface area contributed by atoms with Gasteiger partial charge in [-0.1, -0.05) is 6.07 Å². The molecule has 9 heteroatoms. The van der Waals surface area contributed by atoms with Crippen LogP contribution in [0.1, 0.15) is 12.0 Å². The van der Waals surface area contributed by atoms with Crippen molar-refractivity contribution < 1.29 is 18.7 Å². The Bertz CT molecular complexity index is 1250. The van der Waals surface area contributed by atoms with Crippen LogP contribution in [0.3, 0.4) is 0 Å². The average Bonchev–Trinajstić information content (AvgIpc) is 3.35. The van der Waals surface area contributed by atoms with E-state index in [0.717, 1.165) is 11.1 Å². The lowest BCUT2D eigenvalue weighted by Crippen LogP contribution is -2.30. The molecule has 0 unspecified atom stereocenters. The van der Waals surface area contributed by atoms with E-state index in [1.807, 2.05) is 18.2 Å². The summed E-state index contributed by atoms with van der Waals surface area (Å²) in [5, 5.41) is 7.03. The molecule has 0 aliphatic rings. The zero-order valence-corrected chi connectivity index (χ0v) is 16.8. The summed E-state index contributed by atoms with van der Waals surface area (Å²) < 4.78 is 18.8. The fourth-order valence-corrected chi connectivity index (χ4v) is 3.37. The van der Waals surface area contributed by atoms with Gasteiger partial charge in [-0.15, -0.1) is 0 Å². The molecule has 0 saturated carbocycles. The number of rotatable bonds is 8. The molecule has 3 heterocycles. The third-order valence-electron chi connectivity index (χ3n) is 4.95. The Morgan fingerprint density at radius 2 is 1.97 bits per heavy atom. The number of nitrogens with one attached hydrogen (secondary N) is 1. The summed E-state index contributed by atoms with van der Waals surface area (Å²) in [6, 6.07) is 9.11. The Balaban J connectivity index is 1.33. The number of nitrogens with zero attached hydrogens (tertiary/aromatic N) is 3. The first-order valence-electron chi connectivity index (χ1n) is 9.52. The molecule has 1 N–H and O–H groups in total. The Morgan fingerprint density at radius 1 is 1.13 bits per heavy atom. The summed E-state index contributed by atoms with van der Waals surface area (Å²) in [5.74, 6) is 1.17. The van der Waals surface area contributed by atoms with Gasteiger partial charge >= 0.3 is 0 Å². The number of carbonyl (C=O) groups is 1. The van der Waals surface area contributed by atoms with Gasteiger partial charge < -0.3 is 19.2 Å². The van der Waals surface area contributed by atoms with Crippen molar-refractivity contribution in [1.29, 1.82) is 0 Å². The van der Waals surface area contributed by atoms with Crippen molar-refractivity contribution in [1.82, 2.24) is 19.5 Å². The molecular formula is C21H22N4O5. The molecule has 4 aromatic rings. The van der Waals surface area contributed by atoms with Crippen LogP contribution in [0.15, 0.2) is 52.1 Å². The van der Waals surface area contributed by atoms with Crippen molar-refractivity contribution in [3.63, 3.8) is 0 Å². The summed E-state index contributed by atoms with van der Waals surface area (Å²) in [4.78, 5) is 24.8. The number of furan rings is 1. The molecule has 156 valence electrons. The highest BCUT2D eigenvalue weighted by molar-refractivity contribution is 5.81. The van der Waals surface area contributed by atoms with E-state index in [4.69, 9.17) is 13.9 Å². The van der Waals surface area contributed by atoms with Gasteiger partial charge in [-0.05, 0) is 24.1 Å². The Hall–Kier alpha value is -3.75. The maximum Gasteiger partial charge on any atom is 0.291 e. The Kier molecular flexibility index (Phi) is 5.42. The Morgan fingerprint density at radius 3 is 2.77 bits per heavy atom. The Labute approximate surface area is 171 Å². The van der Waals surface area contributed by atoms with Crippen molar-refractivity contribution in [2.45, 2.75) is 19.4 Å². The maximum absolute atomic E-state index is 12.6. The molecule has 9 nitrogen and oxygen atoms in total. The summed E-state index contributed by atoms with van der Waals surface area (Å²) >= 11 is 0. The molecule has 0 fully saturated rings. The zero-order chi connectivity index (χ0) is 21.1. The van der Waals surface area contributed by atoms with Gasteiger partial charge in [0.25, 0.3) is 5.56 Å². The number of methoxy groups -OCH3 is 2. The van der Waals surface area contributed by atoms with Crippen molar-refractivity contribution in [3.05, 3.63) is 58.8 Å². The molecule has 0 saturated heterocycles. The maximum atomic E-state index is 12.6. The van der Waals surface area contributed by atoms with Crippen LogP contribution >= 0.6 is 0 Å². The van der Waals surface area contributed by atoms with E-state index in [1.165, 1.54) is 4.68 Å². The third-order valence-corrected chi connectivity index (χ3v) is 4.95. The van der Waals surface area contributed by atoms with Gasteiger partial charge in [-0.3, -0.25) is 14.0 Å². The minimum Gasteiger partial charge on any atom is -0.493 e. The lowest BCUT2D eigenvalue weighted by atomic mass is 10.1. The number of aromatic nitrogens is 3. The number of ether oxygens (including phenoxy) is 2. The van der Waals surface area contributed by atoms with Crippen LogP contribution in [-0.4, -0.2) is 40.9 Å². The van der Waals surface area contributed by atoms with Crippen LogP contribution in [0.25, 0.3) is 16.6 Å². The largest absolute Gasteiger partial charge is 0.493 e. The van der Waals surface area contributed by atoms with Gasteiger partial charge in [0.05, 0.1) is 32.5 Å². The zero-order valence-electron chi connectivity index (χ0n) is 16.8. The first kappa shape index (κ1) is 19.6. The summed E-state index contributed by atoms with van der Waals surface area (Å²) in [6.07, 6.45) is 3.93. The normalized spacial score (nSPS) is 11.1. The van der Waals surface area contributed by atoms with Crippen LogP contribution in [0.5, 0.6) is 11.5 Å². The van der Waals surface area contributed by atoms with Crippen LogP contribution in [0.4, 0.5) is 0 Å². The highest BCUT2D eigenvalue weighted by Crippen LogP contribution is 2.27. The summed E-state index contributed by atoms with van der Waals surface area (Å²) in [6.45, 7) is 0.675. The highest BCUT2D eigenvalue weighted by atomic mass is 16.5. The van der Waals surface area contributed by atoms with Gasteiger partial charge in [0.2, 0.25) is 5.91 Å². The summed E-state index contributed by atoms with van der Waals surface area (Å²) in [5.41, 5.74) is 2.64. The topological polar surface area (TPSA) is 100 Å². The molecular weight excluding hydrogens is 388 g/mol. The van der Waals surface area contributed by atoms with Gasteiger partial charge in [-0.25, -0.2) is 4.68 Å². The van der Waals surface area contributed by atoms with Crippen LogP contribution in [-0.2, 0) is 17.8 Å². The third kappa shape index (κ3) is 3.73. The molecule has 0 aliphatic carbocycles. The monoisotopic (exact) mass is 410 g/mol. The second kappa shape index (κ2) is 8.32. The number of hydrogen-bond donors (Lipinski definition) is 1. The smallest absolute Gasteiger partial charge is 0.291 e. The lowest BCUT2D eigenvalue weighted by molar-refractivity contribution is -0.121. The van der Waals surface area contributed by atoms with Gasteiger partial charge in [0, 0.05) is 25.1 Å². The number of hydrogen-bond acceptors (Lipinski definition) is 6. The second-order valence-corrected chi connectivity index (χ2v) is 6.77. The highest BCUT2D eigenvalue weighted by Gasteiger charge is 2.12. The summed E-state index contributed by atoms with van der Waals surface area (Å²) in [7, 11) is 3.17. The second-order valence-electron chi connectivity index (χ2n) is 6.77. The molecule has 30 heavy (non-hydrogen) atoms.